The second kappa shape index (κ2) is 9.41. The third-order valence-electron chi connectivity index (χ3n) is 4.67. The Bertz CT molecular complexity index is 1000. The smallest absolute Gasteiger partial charge is 0.337 e. The molecule has 1 aliphatic heterocycles. The van der Waals surface area contributed by atoms with Gasteiger partial charge in [-0.3, -0.25) is 0 Å². The molecule has 0 fully saturated rings. The van der Waals surface area contributed by atoms with E-state index in [4.69, 9.17) is 32.7 Å². The highest BCUT2D eigenvalue weighted by atomic mass is 35.5. The van der Waals surface area contributed by atoms with Crippen molar-refractivity contribution in [1.29, 1.82) is 0 Å². The second-order valence-electron chi connectivity index (χ2n) is 7.11. The number of hydrogen-bond acceptors (Lipinski definition) is 4. The number of benzene rings is 2. The third-order valence-corrected chi connectivity index (χ3v) is 5.41. The zero-order valence-electron chi connectivity index (χ0n) is 16.8. The largest absolute Gasteiger partial charge is 0.489 e. The summed E-state index contributed by atoms with van der Waals surface area (Å²) in [6.45, 7) is 4.09. The Morgan fingerprint density at radius 1 is 1.13 bits per heavy atom. The van der Waals surface area contributed by atoms with Gasteiger partial charge in [-0.1, -0.05) is 55.2 Å². The molecule has 0 saturated carbocycles. The van der Waals surface area contributed by atoms with Crippen molar-refractivity contribution in [3.05, 3.63) is 74.9 Å². The van der Waals surface area contributed by atoms with E-state index in [2.05, 4.69) is 10.6 Å². The zero-order valence-corrected chi connectivity index (χ0v) is 18.3. The van der Waals surface area contributed by atoms with Gasteiger partial charge in [0.05, 0.1) is 28.8 Å². The average molecular weight is 449 g/mol. The summed E-state index contributed by atoms with van der Waals surface area (Å²) >= 11 is 12.0. The molecule has 3 rings (SSSR count). The molecule has 0 aliphatic carbocycles. The average Bonchev–Trinajstić information content (AvgIpc) is 2.73. The van der Waals surface area contributed by atoms with Crippen LogP contribution in [0.5, 0.6) is 5.75 Å². The quantitative estimate of drug-likeness (QED) is 0.608. The fraction of sp³-hybridized carbons (Fsp3) is 0.273. The second-order valence-corrected chi connectivity index (χ2v) is 7.93. The molecule has 0 radical (unpaired) electrons. The van der Waals surface area contributed by atoms with Crippen molar-refractivity contribution in [2.75, 3.05) is 7.11 Å². The molecule has 8 heteroatoms. The van der Waals surface area contributed by atoms with E-state index in [1.165, 1.54) is 7.11 Å². The summed E-state index contributed by atoms with van der Waals surface area (Å²) < 4.78 is 10.9. The van der Waals surface area contributed by atoms with E-state index in [1.54, 1.807) is 30.3 Å². The lowest BCUT2D eigenvalue weighted by Crippen LogP contribution is -2.47. The fourth-order valence-electron chi connectivity index (χ4n) is 3.21. The first-order valence-corrected chi connectivity index (χ1v) is 10.1. The molecular weight excluding hydrogens is 427 g/mol. The van der Waals surface area contributed by atoms with E-state index < -0.39 is 12.0 Å². The lowest BCUT2D eigenvalue weighted by atomic mass is 9.91. The molecule has 0 saturated heterocycles. The summed E-state index contributed by atoms with van der Waals surface area (Å²) in [5.41, 5.74) is 2.48. The highest BCUT2D eigenvalue weighted by Crippen LogP contribution is 2.32. The van der Waals surface area contributed by atoms with Crippen LogP contribution in [0.1, 0.15) is 31.0 Å². The van der Waals surface area contributed by atoms with Gasteiger partial charge in [0, 0.05) is 5.70 Å². The van der Waals surface area contributed by atoms with Gasteiger partial charge in [-0.15, -0.1) is 0 Å². The molecule has 2 amide bonds. The first kappa shape index (κ1) is 22.0. The Balaban J connectivity index is 1.89. The number of carbonyl (C=O) groups is 2. The number of allylic oxidation sites excluding steroid dienone is 1. The lowest BCUT2D eigenvalue weighted by Gasteiger charge is -2.30. The van der Waals surface area contributed by atoms with Crippen molar-refractivity contribution < 1.29 is 19.1 Å². The van der Waals surface area contributed by atoms with Crippen molar-refractivity contribution in [1.82, 2.24) is 10.6 Å². The van der Waals surface area contributed by atoms with Crippen LogP contribution >= 0.6 is 23.2 Å². The summed E-state index contributed by atoms with van der Waals surface area (Å²) in [5, 5.41) is 6.46. The molecule has 1 atom stereocenters. The number of urea groups is 1. The van der Waals surface area contributed by atoms with Gasteiger partial charge < -0.3 is 20.1 Å². The molecule has 158 valence electrons. The van der Waals surface area contributed by atoms with Crippen LogP contribution in [0.15, 0.2) is 53.7 Å². The number of ether oxygens (including phenoxy) is 2. The molecule has 0 bridgehead atoms. The Hall–Kier alpha value is -2.70. The van der Waals surface area contributed by atoms with Gasteiger partial charge in [-0.2, -0.15) is 0 Å². The Morgan fingerprint density at radius 3 is 2.57 bits per heavy atom. The molecule has 2 aromatic carbocycles. The normalized spacial score (nSPS) is 16.2. The standard InChI is InChI=1S/C22H22Cl2N2O4/c1-12(2)19-18(21(27)29-3)20(26-22(28)25-19)14-5-4-6-15(10-14)30-11-13-7-8-16(23)17(24)9-13/h4-10,12,20H,11H2,1-3H3,(H2,25,26,28). The highest BCUT2D eigenvalue weighted by Gasteiger charge is 2.34. The van der Waals surface area contributed by atoms with Crippen LogP contribution in [0.2, 0.25) is 10.0 Å². The maximum atomic E-state index is 12.5. The predicted molar refractivity (Wildman–Crippen MR) is 116 cm³/mol. The summed E-state index contributed by atoms with van der Waals surface area (Å²) in [6, 6.07) is 11.5. The van der Waals surface area contributed by atoms with Crippen molar-refractivity contribution in [2.24, 2.45) is 5.92 Å². The number of halogens is 2. The molecule has 6 nitrogen and oxygen atoms in total. The van der Waals surface area contributed by atoms with Gasteiger partial charge in [-0.05, 0) is 41.3 Å². The van der Waals surface area contributed by atoms with Crippen molar-refractivity contribution in [3.8, 4) is 5.75 Å². The van der Waals surface area contributed by atoms with Gasteiger partial charge in [0.1, 0.15) is 12.4 Å². The van der Waals surface area contributed by atoms with Crippen LogP contribution in [0.3, 0.4) is 0 Å². The zero-order chi connectivity index (χ0) is 21.8. The summed E-state index contributed by atoms with van der Waals surface area (Å²) in [7, 11) is 1.32. The van der Waals surface area contributed by atoms with E-state index in [0.29, 0.717) is 32.6 Å². The van der Waals surface area contributed by atoms with Crippen molar-refractivity contribution in [2.45, 2.75) is 26.5 Å². The van der Waals surface area contributed by atoms with Gasteiger partial charge in [0.25, 0.3) is 0 Å². The molecule has 30 heavy (non-hydrogen) atoms. The molecular formula is C22H22Cl2N2O4. The SMILES string of the molecule is COC(=O)C1=C(C(C)C)NC(=O)NC1c1cccc(OCc2ccc(Cl)c(Cl)c2)c1. The summed E-state index contributed by atoms with van der Waals surface area (Å²) in [6.07, 6.45) is 0. The van der Waals surface area contributed by atoms with Crippen LogP contribution in [-0.2, 0) is 16.1 Å². The molecule has 2 aromatic rings. The molecule has 0 aromatic heterocycles. The summed E-state index contributed by atoms with van der Waals surface area (Å²) in [5.74, 6) is 0.0155. The van der Waals surface area contributed by atoms with E-state index in [9.17, 15) is 9.59 Å². The fourth-order valence-corrected chi connectivity index (χ4v) is 3.53. The molecule has 2 N–H and O–H groups in total. The van der Waals surface area contributed by atoms with Crippen LogP contribution in [0.4, 0.5) is 4.79 Å². The number of hydrogen-bond donors (Lipinski definition) is 2. The maximum absolute atomic E-state index is 12.5. The van der Waals surface area contributed by atoms with E-state index in [-0.39, 0.29) is 18.6 Å². The van der Waals surface area contributed by atoms with Crippen molar-refractivity contribution >= 4 is 35.2 Å². The predicted octanol–water partition coefficient (Wildman–Crippen LogP) is 5.01. The van der Waals surface area contributed by atoms with Gasteiger partial charge >= 0.3 is 12.0 Å². The number of esters is 1. The number of nitrogens with one attached hydrogen (secondary N) is 2. The summed E-state index contributed by atoms with van der Waals surface area (Å²) in [4.78, 5) is 24.7. The Labute approximate surface area is 185 Å². The van der Waals surface area contributed by atoms with Crippen molar-refractivity contribution in [3.63, 3.8) is 0 Å². The number of amides is 2. The van der Waals surface area contributed by atoms with Crippen LogP contribution in [0.25, 0.3) is 0 Å². The molecule has 1 unspecified atom stereocenters. The number of rotatable bonds is 6. The number of carbonyl (C=O) groups excluding carboxylic acids is 2. The first-order chi connectivity index (χ1) is 14.3. The van der Waals surface area contributed by atoms with Crippen LogP contribution in [0, 0.1) is 5.92 Å². The van der Waals surface area contributed by atoms with Gasteiger partial charge in [0.2, 0.25) is 0 Å². The molecule has 1 heterocycles. The van der Waals surface area contributed by atoms with Gasteiger partial charge in [-0.25, -0.2) is 9.59 Å². The monoisotopic (exact) mass is 448 g/mol. The van der Waals surface area contributed by atoms with E-state index in [1.807, 2.05) is 26.0 Å². The van der Waals surface area contributed by atoms with E-state index >= 15 is 0 Å². The molecule has 1 aliphatic rings. The first-order valence-electron chi connectivity index (χ1n) is 9.36. The minimum Gasteiger partial charge on any atom is -0.489 e. The van der Waals surface area contributed by atoms with Crippen LogP contribution < -0.4 is 15.4 Å². The third kappa shape index (κ3) is 4.89. The Kier molecular flexibility index (Phi) is 6.90. The molecule has 0 spiro atoms. The lowest BCUT2D eigenvalue weighted by molar-refractivity contribution is -0.136. The topological polar surface area (TPSA) is 76.7 Å². The highest BCUT2D eigenvalue weighted by molar-refractivity contribution is 6.42. The van der Waals surface area contributed by atoms with E-state index in [0.717, 1.165) is 5.56 Å². The Morgan fingerprint density at radius 2 is 1.90 bits per heavy atom. The minimum absolute atomic E-state index is 0.0678. The van der Waals surface area contributed by atoms with Gasteiger partial charge in [0.15, 0.2) is 0 Å². The number of methoxy groups -OCH3 is 1. The minimum atomic E-state index is -0.655. The van der Waals surface area contributed by atoms with Crippen LogP contribution in [-0.4, -0.2) is 19.1 Å². The maximum Gasteiger partial charge on any atom is 0.337 e.